The highest BCUT2D eigenvalue weighted by Crippen LogP contribution is 2.17. The van der Waals surface area contributed by atoms with E-state index >= 15 is 0 Å². The third-order valence-corrected chi connectivity index (χ3v) is 3.61. The molecular weight excluding hydrogens is 309 g/mol. The summed E-state index contributed by atoms with van der Waals surface area (Å²) in [7, 11) is -1.86. The summed E-state index contributed by atoms with van der Waals surface area (Å²) in [6.45, 7) is 4.90. The van der Waals surface area contributed by atoms with Gasteiger partial charge < -0.3 is 9.62 Å². The predicted molar refractivity (Wildman–Crippen MR) is 71.4 cm³/mol. The van der Waals surface area contributed by atoms with Crippen molar-refractivity contribution in [2.45, 2.75) is 38.5 Å². The Morgan fingerprint density at radius 3 is 2.62 bits per heavy atom. The van der Waals surface area contributed by atoms with Crippen LogP contribution in [0.5, 0.6) is 0 Å². The Morgan fingerprint density at radius 2 is 2.10 bits per heavy atom. The Hall–Kier alpha value is -1.64. The van der Waals surface area contributed by atoms with Gasteiger partial charge in [0.05, 0.1) is 5.69 Å². The summed E-state index contributed by atoms with van der Waals surface area (Å²) in [5, 5.41) is 11.3. The molecule has 0 N–H and O–H groups in total. The third-order valence-electron chi connectivity index (χ3n) is 2.47. The van der Waals surface area contributed by atoms with Crippen LogP contribution in [0, 0.1) is 12.1 Å². The van der Waals surface area contributed by atoms with E-state index in [4.69, 9.17) is 4.42 Å². The lowest BCUT2D eigenvalue weighted by molar-refractivity contribution is -0.487. The van der Waals surface area contributed by atoms with E-state index in [1.165, 1.54) is 0 Å². The Kier molecular flexibility index (Phi) is 6.13. The van der Waals surface area contributed by atoms with Crippen molar-refractivity contribution in [3.8, 4) is 0 Å². The molecule has 0 aliphatic carbocycles. The first-order valence-corrected chi connectivity index (χ1v) is 7.40. The van der Waals surface area contributed by atoms with Gasteiger partial charge in [-0.3, -0.25) is 0 Å². The summed E-state index contributed by atoms with van der Waals surface area (Å²) < 4.78 is 54.0. The highest BCUT2D eigenvalue weighted by atomic mass is 32.2. The van der Waals surface area contributed by atoms with Crippen LogP contribution in [0.3, 0.4) is 0 Å². The largest absolute Gasteiger partial charge is 0.624 e. The molecule has 0 radical (unpaired) electrons. The van der Waals surface area contributed by atoms with Crippen LogP contribution < -0.4 is 0 Å². The van der Waals surface area contributed by atoms with Gasteiger partial charge in [0, 0.05) is 12.2 Å². The molecule has 0 amide bonds. The first kappa shape index (κ1) is 17.4. The van der Waals surface area contributed by atoms with Gasteiger partial charge in [-0.25, -0.2) is 18.3 Å². The van der Waals surface area contributed by atoms with Crippen molar-refractivity contribution in [1.82, 2.24) is 4.98 Å². The minimum atomic E-state index is -2.43. The number of nitrogens with zero attached hydrogens (tertiary/aromatic N) is 2. The first-order chi connectivity index (χ1) is 9.72. The minimum absolute atomic E-state index is 0.134. The quantitative estimate of drug-likeness (QED) is 0.349. The summed E-state index contributed by atoms with van der Waals surface area (Å²) in [5.41, 5.74) is 0.340. The highest BCUT2D eigenvalue weighted by molar-refractivity contribution is 7.84. The van der Waals surface area contributed by atoms with Gasteiger partial charge in [0.25, 0.3) is 5.22 Å². The molecule has 0 fully saturated rings. The van der Waals surface area contributed by atoms with Crippen LogP contribution in [0.25, 0.3) is 0 Å². The Balaban J connectivity index is 2.85. The van der Waals surface area contributed by atoms with Crippen molar-refractivity contribution < 1.29 is 26.5 Å². The van der Waals surface area contributed by atoms with Crippen molar-refractivity contribution in [3.63, 3.8) is 0 Å². The van der Waals surface area contributed by atoms with E-state index in [1.807, 2.05) is 0 Å². The van der Waals surface area contributed by atoms with Crippen LogP contribution in [0.4, 0.5) is 13.2 Å². The fourth-order valence-corrected chi connectivity index (χ4v) is 2.19. The van der Waals surface area contributed by atoms with E-state index in [-0.39, 0.29) is 22.8 Å². The zero-order valence-electron chi connectivity index (χ0n) is 11.7. The lowest BCUT2D eigenvalue weighted by atomic mass is 10.3. The predicted octanol–water partition coefficient (Wildman–Crippen LogP) is 2.90. The molecular formula is C12H15F3N2O3S. The van der Waals surface area contributed by atoms with E-state index in [9.17, 15) is 22.6 Å². The molecule has 0 saturated heterocycles. The highest BCUT2D eigenvalue weighted by Gasteiger charge is 2.18. The van der Waals surface area contributed by atoms with Gasteiger partial charge in [0.15, 0.2) is 11.9 Å². The molecule has 1 aromatic heterocycles. The van der Waals surface area contributed by atoms with Crippen LogP contribution >= 0.6 is 0 Å². The van der Waals surface area contributed by atoms with Gasteiger partial charge >= 0.3 is 6.08 Å². The molecule has 21 heavy (non-hydrogen) atoms. The molecule has 0 aliphatic heterocycles. The van der Waals surface area contributed by atoms with Crippen LogP contribution in [0.1, 0.15) is 31.7 Å². The van der Waals surface area contributed by atoms with E-state index in [1.54, 1.807) is 20.8 Å². The lowest BCUT2D eigenvalue weighted by Crippen LogP contribution is -2.15. The molecule has 0 spiro atoms. The lowest BCUT2D eigenvalue weighted by Gasteiger charge is -2.05. The topological polar surface area (TPSA) is 69.2 Å². The van der Waals surface area contributed by atoms with Gasteiger partial charge in [0.2, 0.25) is 12.0 Å². The molecule has 1 unspecified atom stereocenters. The second kappa shape index (κ2) is 7.39. The molecule has 118 valence electrons. The average molecular weight is 324 g/mol. The van der Waals surface area contributed by atoms with Crippen LogP contribution in [-0.4, -0.2) is 31.9 Å². The van der Waals surface area contributed by atoms with Gasteiger partial charge in [-0.1, -0.05) is 0 Å². The number of aromatic nitrogens is 1. The molecule has 5 nitrogen and oxygen atoms in total. The maximum absolute atomic E-state index is 12.6. The normalized spacial score (nSPS) is 13.6. The maximum atomic E-state index is 12.6. The number of aryl methyl sites for hydroxylation is 1. The molecule has 1 rings (SSSR count). The summed E-state index contributed by atoms with van der Waals surface area (Å²) >= 11 is 0. The van der Waals surface area contributed by atoms with Crippen molar-refractivity contribution in [3.05, 3.63) is 28.6 Å². The summed E-state index contributed by atoms with van der Waals surface area (Å²) in [6.07, 6.45) is -1.94. The minimum Gasteiger partial charge on any atom is -0.624 e. The molecule has 1 heterocycles. The SMILES string of the molecule is Cc1nc(S(=O)CCC(F)=C(F)F)oc1/C=[N+](\[O-])C(C)C. The fraction of sp³-hybridized carbons (Fsp3) is 0.500. The standard InChI is InChI=1S/C12H15F3N2O3S/c1-7(2)17(18)6-10-8(3)16-12(20-10)21(19)5-4-9(13)11(14)15/h6-7H,4-5H2,1-3H3/b17-6-. The Morgan fingerprint density at radius 1 is 1.48 bits per heavy atom. The van der Waals surface area contributed by atoms with Crippen LogP contribution in [0.2, 0.25) is 0 Å². The molecule has 0 aliphatic rings. The summed E-state index contributed by atoms with van der Waals surface area (Å²) in [6, 6.07) is -0.310. The zero-order chi connectivity index (χ0) is 16.2. The van der Waals surface area contributed by atoms with Crippen molar-refractivity contribution >= 4 is 17.0 Å². The van der Waals surface area contributed by atoms with Gasteiger partial charge in [-0.2, -0.15) is 8.78 Å². The number of rotatable bonds is 6. The smallest absolute Gasteiger partial charge is 0.301 e. The fourth-order valence-electron chi connectivity index (χ4n) is 1.23. The molecule has 0 aromatic carbocycles. The number of halogens is 3. The summed E-state index contributed by atoms with van der Waals surface area (Å²) in [5.74, 6) is -1.85. The van der Waals surface area contributed by atoms with E-state index in [2.05, 4.69) is 4.98 Å². The second-order valence-corrected chi connectivity index (χ2v) is 5.93. The van der Waals surface area contributed by atoms with Crippen molar-refractivity contribution in [2.75, 3.05) is 5.75 Å². The van der Waals surface area contributed by atoms with Gasteiger partial charge in [0.1, 0.15) is 10.8 Å². The van der Waals surface area contributed by atoms with E-state index in [0.717, 1.165) is 6.21 Å². The number of hydrogen-bond donors (Lipinski definition) is 0. The van der Waals surface area contributed by atoms with Crippen molar-refractivity contribution in [1.29, 1.82) is 0 Å². The van der Waals surface area contributed by atoms with Crippen LogP contribution in [-0.2, 0) is 10.8 Å². The first-order valence-electron chi connectivity index (χ1n) is 6.08. The van der Waals surface area contributed by atoms with E-state index in [0.29, 0.717) is 10.4 Å². The average Bonchev–Trinajstić information content (AvgIpc) is 2.76. The summed E-state index contributed by atoms with van der Waals surface area (Å²) in [4.78, 5) is 3.86. The molecule has 0 bridgehead atoms. The second-order valence-electron chi connectivity index (χ2n) is 4.48. The van der Waals surface area contributed by atoms with E-state index < -0.39 is 29.1 Å². The van der Waals surface area contributed by atoms with Crippen molar-refractivity contribution in [2.24, 2.45) is 0 Å². The molecule has 1 aromatic rings. The van der Waals surface area contributed by atoms with Crippen LogP contribution in [0.15, 0.2) is 21.5 Å². The Bertz CT molecular complexity index is 593. The molecule has 0 saturated carbocycles. The van der Waals surface area contributed by atoms with Gasteiger partial charge in [-0.05, 0) is 20.8 Å². The maximum Gasteiger partial charge on any atom is 0.301 e. The van der Waals surface area contributed by atoms with Gasteiger partial charge in [-0.15, -0.1) is 0 Å². The Labute approximate surface area is 122 Å². The molecule has 1 atom stereocenters. The number of hydroxylamine groups is 1. The number of hydrogen-bond acceptors (Lipinski definition) is 4. The third kappa shape index (κ3) is 5.00. The zero-order valence-corrected chi connectivity index (χ0v) is 12.5. The molecule has 9 heteroatoms. The number of oxazole rings is 1. The number of allylic oxidation sites excluding steroid dienone is 1. The monoisotopic (exact) mass is 324 g/mol.